The van der Waals surface area contributed by atoms with Gasteiger partial charge in [-0.25, -0.2) is 8.42 Å². The van der Waals surface area contributed by atoms with E-state index in [0.717, 1.165) is 0 Å². The first-order valence-corrected chi connectivity index (χ1v) is 3.94. The standard InChI is InChI=1S/C4H7NO2S/c1-4-2-3-8(6,7)5-4/h5H,1-3H2. The summed E-state index contributed by atoms with van der Waals surface area (Å²) in [5.74, 6) is 0.200. The molecule has 0 bridgehead atoms. The molecule has 1 fully saturated rings. The zero-order valence-corrected chi connectivity index (χ0v) is 5.16. The molecule has 46 valence electrons. The van der Waals surface area contributed by atoms with E-state index in [-0.39, 0.29) is 5.75 Å². The number of nitrogens with one attached hydrogen (secondary N) is 1. The van der Waals surface area contributed by atoms with Gasteiger partial charge in [-0.3, -0.25) is 4.72 Å². The van der Waals surface area contributed by atoms with Crippen LogP contribution in [0, 0.1) is 0 Å². The van der Waals surface area contributed by atoms with Gasteiger partial charge in [-0.1, -0.05) is 6.58 Å². The lowest BCUT2D eigenvalue weighted by Gasteiger charge is -1.89. The highest BCUT2D eigenvalue weighted by atomic mass is 32.2. The van der Waals surface area contributed by atoms with Gasteiger partial charge in [0.05, 0.1) is 5.75 Å². The van der Waals surface area contributed by atoms with Crippen molar-refractivity contribution in [1.29, 1.82) is 0 Å². The molecule has 0 radical (unpaired) electrons. The predicted octanol–water partition coefficient (Wildman–Crippen LogP) is -0.177. The minimum atomic E-state index is -2.95. The Balaban J connectivity index is 2.86. The van der Waals surface area contributed by atoms with E-state index in [4.69, 9.17) is 0 Å². The summed E-state index contributed by atoms with van der Waals surface area (Å²) in [5.41, 5.74) is 0.602. The van der Waals surface area contributed by atoms with E-state index < -0.39 is 10.0 Å². The van der Waals surface area contributed by atoms with Crippen LogP contribution in [0.2, 0.25) is 0 Å². The van der Waals surface area contributed by atoms with Crippen molar-refractivity contribution in [1.82, 2.24) is 4.72 Å². The maximum absolute atomic E-state index is 10.5. The summed E-state index contributed by atoms with van der Waals surface area (Å²) in [6.45, 7) is 3.46. The van der Waals surface area contributed by atoms with Gasteiger partial charge >= 0.3 is 0 Å². The van der Waals surface area contributed by atoms with E-state index in [1.165, 1.54) is 0 Å². The quantitative estimate of drug-likeness (QED) is 0.498. The van der Waals surface area contributed by atoms with Crippen LogP contribution < -0.4 is 4.72 Å². The SMILES string of the molecule is C=C1CCS(=O)(=O)N1. The van der Waals surface area contributed by atoms with Crippen molar-refractivity contribution in [2.75, 3.05) is 5.75 Å². The molecule has 1 saturated heterocycles. The molecule has 8 heavy (non-hydrogen) atoms. The van der Waals surface area contributed by atoms with Crippen LogP contribution in [0.25, 0.3) is 0 Å². The number of hydrogen-bond donors (Lipinski definition) is 1. The fourth-order valence-electron chi connectivity index (χ4n) is 0.580. The number of rotatable bonds is 0. The fourth-order valence-corrected chi connectivity index (χ4v) is 1.74. The second-order valence-corrected chi connectivity index (χ2v) is 3.62. The molecule has 0 unspecified atom stereocenters. The topological polar surface area (TPSA) is 46.2 Å². The third kappa shape index (κ3) is 1.01. The van der Waals surface area contributed by atoms with E-state index in [1.54, 1.807) is 0 Å². The first-order chi connectivity index (χ1) is 3.60. The Hall–Kier alpha value is -0.510. The monoisotopic (exact) mass is 133 g/mol. The van der Waals surface area contributed by atoms with Crippen LogP contribution in [0.4, 0.5) is 0 Å². The van der Waals surface area contributed by atoms with Gasteiger partial charge in [0.1, 0.15) is 0 Å². The van der Waals surface area contributed by atoms with Crippen LogP contribution in [-0.4, -0.2) is 14.2 Å². The Labute approximate surface area is 48.4 Å². The van der Waals surface area contributed by atoms with Crippen LogP contribution in [0.15, 0.2) is 12.3 Å². The van der Waals surface area contributed by atoms with E-state index in [2.05, 4.69) is 11.3 Å². The molecule has 0 aromatic heterocycles. The highest BCUT2D eigenvalue weighted by Crippen LogP contribution is 2.07. The molecule has 0 aromatic rings. The molecule has 0 amide bonds. The van der Waals surface area contributed by atoms with Gasteiger partial charge in [-0.05, 0) is 0 Å². The average Bonchev–Trinajstić information content (AvgIpc) is 1.82. The van der Waals surface area contributed by atoms with Crippen molar-refractivity contribution < 1.29 is 8.42 Å². The molecular formula is C4H7NO2S. The zero-order valence-electron chi connectivity index (χ0n) is 4.35. The third-order valence-corrected chi connectivity index (χ3v) is 2.31. The van der Waals surface area contributed by atoms with Crippen molar-refractivity contribution in [3.63, 3.8) is 0 Å². The Morgan fingerprint density at radius 1 is 1.62 bits per heavy atom. The maximum Gasteiger partial charge on any atom is 0.232 e. The van der Waals surface area contributed by atoms with E-state index in [0.29, 0.717) is 12.1 Å². The summed E-state index contributed by atoms with van der Waals surface area (Å²) >= 11 is 0. The second-order valence-electron chi connectivity index (χ2n) is 1.77. The lowest BCUT2D eigenvalue weighted by molar-refractivity contribution is 0.596. The van der Waals surface area contributed by atoms with Gasteiger partial charge in [0.15, 0.2) is 0 Å². The molecule has 1 rings (SSSR count). The van der Waals surface area contributed by atoms with Crippen molar-refractivity contribution >= 4 is 10.0 Å². The molecule has 3 nitrogen and oxygen atoms in total. The lowest BCUT2D eigenvalue weighted by Crippen LogP contribution is -2.13. The minimum Gasteiger partial charge on any atom is -0.288 e. The van der Waals surface area contributed by atoms with Crippen LogP contribution in [-0.2, 0) is 10.0 Å². The van der Waals surface area contributed by atoms with Gasteiger partial charge in [-0.2, -0.15) is 0 Å². The zero-order chi connectivity index (χ0) is 6.20. The van der Waals surface area contributed by atoms with Gasteiger partial charge < -0.3 is 0 Å². The Kier molecular flexibility index (Phi) is 1.04. The summed E-state index contributed by atoms with van der Waals surface area (Å²) in [7, 11) is -2.95. The van der Waals surface area contributed by atoms with Gasteiger partial charge in [0.25, 0.3) is 0 Å². The first kappa shape index (κ1) is 5.62. The number of hydrogen-bond acceptors (Lipinski definition) is 2. The van der Waals surface area contributed by atoms with Crippen LogP contribution >= 0.6 is 0 Å². The summed E-state index contributed by atoms with van der Waals surface area (Å²) in [6, 6.07) is 0. The summed E-state index contributed by atoms with van der Waals surface area (Å²) in [6.07, 6.45) is 0.558. The molecule has 1 N–H and O–H groups in total. The predicted molar refractivity (Wildman–Crippen MR) is 30.7 cm³/mol. The summed E-state index contributed by atoms with van der Waals surface area (Å²) in [4.78, 5) is 0. The maximum atomic E-state index is 10.5. The highest BCUT2D eigenvalue weighted by molar-refractivity contribution is 7.89. The normalized spacial score (nSPS) is 25.2. The molecule has 4 heteroatoms. The second kappa shape index (κ2) is 1.48. The lowest BCUT2D eigenvalue weighted by atomic mass is 10.4. The molecule has 0 spiro atoms. The highest BCUT2D eigenvalue weighted by Gasteiger charge is 2.18. The Morgan fingerprint density at radius 3 is 2.38 bits per heavy atom. The van der Waals surface area contributed by atoms with Gasteiger partial charge in [0.2, 0.25) is 10.0 Å². The van der Waals surface area contributed by atoms with E-state index in [1.807, 2.05) is 0 Å². The fraction of sp³-hybridized carbons (Fsp3) is 0.500. The first-order valence-electron chi connectivity index (χ1n) is 2.28. The summed E-state index contributed by atoms with van der Waals surface area (Å²) in [5, 5.41) is 0. The third-order valence-electron chi connectivity index (χ3n) is 0.972. The van der Waals surface area contributed by atoms with Crippen molar-refractivity contribution in [2.45, 2.75) is 6.42 Å². The van der Waals surface area contributed by atoms with Crippen molar-refractivity contribution in [2.24, 2.45) is 0 Å². The number of sulfonamides is 1. The van der Waals surface area contributed by atoms with Gasteiger partial charge in [0, 0.05) is 12.1 Å². The van der Waals surface area contributed by atoms with E-state index in [9.17, 15) is 8.42 Å². The largest absolute Gasteiger partial charge is 0.288 e. The molecule has 1 aliphatic heterocycles. The smallest absolute Gasteiger partial charge is 0.232 e. The molecule has 1 aliphatic rings. The molecule has 0 aliphatic carbocycles. The number of allylic oxidation sites excluding steroid dienone is 1. The van der Waals surface area contributed by atoms with Crippen molar-refractivity contribution in [3.05, 3.63) is 12.3 Å². The van der Waals surface area contributed by atoms with Gasteiger partial charge in [-0.15, -0.1) is 0 Å². The Bertz CT molecular complexity index is 204. The van der Waals surface area contributed by atoms with Crippen LogP contribution in [0.3, 0.4) is 0 Å². The van der Waals surface area contributed by atoms with E-state index >= 15 is 0 Å². The molecular weight excluding hydrogens is 126 g/mol. The molecule has 0 aromatic carbocycles. The molecule has 0 saturated carbocycles. The Morgan fingerprint density at radius 2 is 2.25 bits per heavy atom. The van der Waals surface area contributed by atoms with Crippen molar-refractivity contribution in [3.8, 4) is 0 Å². The van der Waals surface area contributed by atoms with Crippen LogP contribution in [0.5, 0.6) is 0 Å². The van der Waals surface area contributed by atoms with Crippen LogP contribution in [0.1, 0.15) is 6.42 Å². The molecule has 0 atom stereocenters. The minimum absolute atomic E-state index is 0.200. The molecule has 1 heterocycles. The summed E-state index contributed by atoms with van der Waals surface area (Å²) < 4.78 is 23.2. The average molecular weight is 133 g/mol.